The van der Waals surface area contributed by atoms with Gasteiger partial charge in [0.2, 0.25) is 11.6 Å². The quantitative estimate of drug-likeness (QED) is 0.327. The predicted molar refractivity (Wildman–Crippen MR) is 114 cm³/mol. The van der Waals surface area contributed by atoms with Gasteiger partial charge in [-0.2, -0.15) is 9.78 Å². The lowest BCUT2D eigenvalue weighted by Gasteiger charge is -2.08. The van der Waals surface area contributed by atoms with Crippen LogP contribution < -0.4 is 15.9 Å². The number of ether oxygens (including phenoxy) is 1. The highest BCUT2D eigenvalue weighted by atomic mass is 16.6. The molecule has 3 heterocycles. The standard InChI is InChI=1S/C20H19N9O3/c1-3-31-15-8-4-6-13(10-15)17-16(24-28-29(17)19-18(21)26-32-27-19)20(30)25-23-12(2)14-7-5-9-22-11-14/h4-11H,3H2,1-2H3,(H2,21,26)(H,25,30). The van der Waals surface area contributed by atoms with Gasteiger partial charge in [-0.3, -0.25) is 9.78 Å². The fourth-order valence-corrected chi connectivity index (χ4v) is 2.91. The normalized spacial score (nSPS) is 11.4. The second-order valence-electron chi connectivity index (χ2n) is 6.51. The van der Waals surface area contributed by atoms with E-state index in [0.29, 0.717) is 29.3 Å². The third-order valence-electron chi connectivity index (χ3n) is 4.40. The van der Waals surface area contributed by atoms with Gasteiger partial charge in [0, 0.05) is 23.5 Å². The monoisotopic (exact) mass is 433 g/mol. The van der Waals surface area contributed by atoms with Crippen LogP contribution in [-0.4, -0.2) is 48.5 Å². The van der Waals surface area contributed by atoms with Crippen molar-refractivity contribution in [1.82, 2.24) is 35.7 Å². The van der Waals surface area contributed by atoms with E-state index in [1.807, 2.05) is 13.0 Å². The highest BCUT2D eigenvalue weighted by Crippen LogP contribution is 2.29. The molecule has 0 aliphatic carbocycles. The molecule has 162 valence electrons. The van der Waals surface area contributed by atoms with E-state index in [1.165, 1.54) is 4.68 Å². The summed E-state index contributed by atoms with van der Waals surface area (Å²) in [7, 11) is 0. The van der Waals surface area contributed by atoms with Gasteiger partial charge in [0.05, 0.1) is 12.3 Å². The van der Waals surface area contributed by atoms with Gasteiger partial charge in [0.25, 0.3) is 5.91 Å². The van der Waals surface area contributed by atoms with Gasteiger partial charge in [-0.05, 0) is 42.4 Å². The summed E-state index contributed by atoms with van der Waals surface area (Å²) in [5, 5.41) is 19.6. The number of benzene rings is 1. The number of aromatic nitrogens is 6. The minimum absolute atomic E-state index is 0.00350. The van der Waals surface area contributed by atoms with Crippen LogP contribution in [0.5, 0.6) is 5.75 Å². The Labute approximate surface area is 182 Å². The minimum atomic E-state index is -0.577. The van der Waals surface area contributed by atoms with Crippen LogP contribution in [0.25, 0.3) is 17.1 Å². The number of hydrogen-bond acceptors (Lipinski definition) is 10. The molecule has 0 bridgehead atoms. The van der Waals surface area contributed by atoms with Crippen molar-refractivity contribution in [3.8, 4) is 22.8 Å². The molecule has 1 aromatic carbocycles. The van der Waals surface area contributed by atoms with Crippen molar-refractivity contribution in [3.05, 3.63) is 60.0 Å². The fraction of sp³-hybridized carbons (Fsp3) is 0.150. The molecule has 3 N–H and O–H groups in total. The van der Waals surface area contributed by atoms with Crippen molar-refractivity contribution in [3.63, 3.8) is 0 Å². The molecule has 1 amide bonds. The minimum Gasteiger partial charge on any atom is -0.494 e. The maximum absolute atomic E-state index is 13.0. The van der Waals surface area contributed by atoms with Gasteiger partial charge in [-0.1, -0.05) is 23.4 Å². The average Bonchev–Trinajstić information content (AvgIpc) is 3.44. The molecule has 0 radical (unpaired) electrons. The number of nitrogens with zero attached hydrogens (tertiary/aromatic N) is 7. The zero-order chi connectivity index (χ0) is 22.5. The Morgan fingerprint density at radius 3 is 2.88 bits per heavy atom. The molecular weight excluding hydrogens is 414 g/mol. The average molecular weight is 433 g/mol. The number of pyridine rings is 1. The van der Waals surface area contributed by atoms with Gasteiger partial charge >= 0.3 is 0 Å². The summed E-state index contributed by atoms with van der Waals surface area (Å²) in [6, 6.07) is 10.7. The van der Waals surface area contributed by atoms with Crippen molar-refractivity contribution < 1.29 is 14.2 Å². The Kier molecular flexibility index (Phi) is 5.83. The number of anilines is 1. The number of rotatable bonds is 7. The molecule has 32 heavy (non-hydrogen) atoms. The second kappa shape index (κ2) is 9.04. The third kappa shape index (κ3) is 4.14. The summed E-state index contributed by atoms with van der Waals surface area (Å²) >= 11 is 0. The van der Waals surface area contributed by atoms with Crippen LogP contribution in [0.2, 0.25) is 0 Å². The second-order valence-corrected chi connectivity index (χ2v) is 6.51. The van der Waals surface area contributed by atoms with E-state index >= 15 is 0 Å². The lowest BCUT2D eigenvalue weighted by Crippen LogP contribution is -2.21. The molecule has 0 spiro atoms. The van der Waals surface area contributed by atoms with E-state index in [1.54, 1.807) is 49.6 Å². The SMILES string of the molecule is CCOc1cccc(-c2c(C(=O)NN=C(C)c3cccnc3)nnn2-c2nonc2N)c1. The Bertz CT molecular complexity index is 1260. The maximum Gasteiger partial charge on any atom is 0.294 e. The summed E-state index contributed by atoms with van der Waals surface area (Å²) in [5.41, 5.74) is 10.6. The van der Waals surface area contributed by atoms with E-state index in [9.17, 15) is 4.79 Å². The van der Waals surface area contributed by atoms with E-state index in [2.05, 4.69) is 40.8 Å². The number of carbonyl (C=O) groups is 1. The smallest absolute Gasteiger partial charge is 0.294 e. The van der Waals surface area contributed by atoms with E-state index < -0.39 is 5.91 Å². The lowest BCUT2D eigenvalue weighted by molar-refractivity contribution is 0.0950. The van der Waals surface area contributed by atoms with Gasteiger partial charge in [-0.25, -0.2) is 10.1 Å². The number of nitrogen functional groups attached to an aromatic ring is 1. The maximum atomic E-state index is 13.0. The van der Waals surface area contributed by atoms with Crippen molar-refractivity contribution in [1.29, 1.82) is 0 Å². The summed E-state index contributed by atoms with van der Waals surface area (Å²) in [4.78, 5) is 17.0. The Morgan fingerprint density at radius 1 is 1.28 bits per heavy atom. The molecule has 0 unspecified atom stereocenters. The summed E-state index contributed by atoms with van der Waals surface area (Å²) in [6.07, 6.45) is 3.30. The van der Waals surface area contributed by atoms with Crippen LogP contribution in [-0.2, 0) is 0 Å². The molecule has 12 nitrogen and oxygen atoms in total. The number of hydrogen-bond donors (Lipinski definition) is 2. The molecule has 0 atom stereocenters. The first-order chi connectivity index (χ1) is 15.6. The van der Waals surface area contributed by atoms with Crippen LogP contribution in [0.1, 0.15) is 29.9 Å². The third-order valence-corrected chi connectivity index (χ3v) is 4.40. The van der Waals surface area contributed by atoms with Gasteiger partial charge in [0.1, 0.15) is 11.4 Å². The Balaban J connectivity index is 1.74. The molecule has 0 saturated heterocycles. The van der Waals surface area contributed by atoms with Gasteiger partial charge in [0.15, 0.2) is 5.69 Å². The molecule has 0 aliphatic rings. The Hall–Kier alpha value is -4.61. The molecular formula is C20H19N9O3. The number of nitrogens with one attached hydrogen (secondary N) is 1. The fourth-order valence-electron chi connectivity index (χ4n) is 2.91. The zero-order valence-electron chi connectivity index (χ0n) is 17.3. The van der Waals surface area contributed by atoms with Gasteiger partial charge in [-0.15, -0.1) is 5.10 Å². The molecule has 3 aromatic heterocycles. The van der Waals surface area contributed by atoms with Crippen molar-refractivity contribution >= 4 is 17.4 Å². The molecule has 0 fully saturated rings. The van der Waals surface area contributed by atoms with Crippen LogP contribution in [0.3, 0.4) is 0 Å². The van der Waals surface area contributed by atoms with Crippen molar-refractivity contribution in [2.45, 2.75) is 13.8 Å². The molecule has 4 aromatic rings. The first-order valence-corrected chi connectivity index (χ1v) is 9.60. The highest BCUT2D eigenvalue weighted by molar-refractivity contribution is 6.02. The van der Waals surface area contributed by atoms with Crippen molar-refractivity contribution in [2.24, 2.45) is 5.10 Å². The largest absolute Gasteiger partial charge is 0.494 e. The van der Waals surface area contributed by atoms with Crippen molar-refractivity contribution in [2.75, 3.05) is 12.3 Å². The number of carbonyl (C=O) groups excluding carboxylic acids is 1. The molecule has 4 rings (SSSR count). The molecule has 12 heteroatoms. The highest BCUT2D eigenvalue weighted by Gasteiger charge is 2.25. The van der Waals surface area contributed by atoms with Crippen LogP contribution in [0.4, 0.5) is 5.82 Å². The topological polar surface area (TPSA) is 159 Å². The van der Waals surface area contributed by atoms with Crippen LogP contribution >= 0.6 is 0 Å². The van der Waals surface area contributed by atoms with E-state index in [-0.39, 0.29) is 17.3 Å². The molecule has 0 saturated carbocycles. The van der Waals surface area contributed by atoms with E-state index in [0.717, 1.165) is 5.56 Å². The number of amides is 1. The first-order valence-electron chi connectivity index (χ1n) is 9.60. The lowest BCUT2D eigenvalue weighted by atomic mass is 10.1. The van der Waals surface area contributed by atoms with Gasteiger partial charge < -0.3 is 10.5 Å². The summed E-state index contributed by atoms with van der Waals surface area (Å²) < 4.78 is 11.5. The molecule has 0 aliphatic heterocycles. The van der Waals surface area contributed by atoms with E-state index in [4.69, 9.17) is 10.5 Å². The number of hydrazone groups is 1. The summed E-state index contributed by atoms with van der Waals surface area (Å²) in [6.45, 7) is 4.11. The first kappa shape index (κ1) is 20.7. The van der Waals surface area contributed by atoms with Crippen LogP contribution in [0.15, 0.2) is 58.5 Å². The predicted octanol–water partition coefficient (Wildman–Crippen LogP) is 1.85. The Morgan fingerprint density at radius 2 is 2.16 bits per heavy atom. The summed E-state index contributed by atoms with van der Waals surface area (Å²) in [5.74, 6) is 0.130. The zero-order valence-corrected chi connectivity index (χ0v) is 17.3. The number of nitrogens with two attached hydrogens (primary N) is 1. The van der Waals surface area contributed by atoms with Crippen LogP contribution in [0, 0.1) is 0 Å².